The highest BCUT2D eigenvalue weighted by molar-refractivity contribution is 8.00. The van der Waals surface area contributed by atoms with Gasteiger partial charge < -0.3 is 4.74 Å². The van der Waals surface area contributed by atoms with E-state index < -0.39 is 10.0 Å². The number of rotatable bonds is 8. The Kier molecular flexibility index (Phi) is 7.41. The van der Waals surface area contributed by atoms with Crippen molar-refractivity contribution in [2.45, 2.75) is 36.2 Å². The maximum Gasteiger partial charge on any atom is 0.261 e. The zero-order valence-corrected chi connectivity index (χ0v) is 17.7. The summed E-state index contributed by atoms with van der Waals surface area (Å²) < 4.78 is 33.6. The molecule has 0 aliphatic rings. The zero-order valence-electron chi connectivity index (χ0n) is 15.3. The third kappa shape index (κ3) is 5.64. The fourth-order valence-electron chi connectivity index (χ4n) is 2.50. The Morgan fingerprint density at radius 1 is 1.15 bits per heavy atom. The van der Waals surface area contributed by atoms with Crippen LogP contribution in [0.5, 0.6) is 0 Å². The predicted octanol–water partition coefficient (Wildman–Crippen LogP) is 5.28. The van der Waals surface area contributed by atoms with Crippen molar-refractivity contribution in [3.63, 3.8) is 0 Å². The van der Waals surface area contributed by atoms with Crippen molar-refractivity contribution in [1.29, 1.82) is 0 Å². The van der Waals surface area contributed by atoms with Gasteiger partial charge in [0.2, 0.25) is 0 Å². The van der Waals surface area contributed by atoms with Gasteiger partial charge in [-0.3, -0.25) is 4.72 Å². The fraction of sp³-hybridized carbons (Fsp3) is 0.368. The molecule has 0 aliphatic heterocycles. The zero-order chi connectivity index (χ0) is 19.3. The summed E-state index contributed by atoms with van der Waals surface area (Å²) in [6.45, 7) is 6.56. The summed E-state index contributed by atoms with van der Waals surface area (Å²) in [6, 6.07) is 11.9. The highest BCUT2D eigenvalue weighted by Crippen LogP contribution is 2.38. The largest absolute Gasteiger partial charge is 0.383 e. The molecule has 0 saturated heterocycles. The third-order valence-electron chi connectivity index (χ3n) is 3.69. The summed E-state index contributed by atoms with van der Waals surface area (Å²) >= 11 is 7.88. The second-order valence-electron chi connectivity index (χ2n) is 6.28. The first kappa shape index (κ1) is 21.1. The minimum absolute atomic E-state index is 0.0329. The van der Waals surface area contributed by atoms with E-state index in [9.17, 15) is 8.42 Å². The third-order valence-corrected chi connectivity index (χ3v) is 6.57. The number of hydrogen-bond donors (Lipinski definition) is 1. The van der Waals surface area contributed by atoms with Gasteiger partial charge in [0.05, 0.1) is 22.4 Å². The lowest BCUT2D eigenvalue weighted by Gasteiger charge is -2.22. The molecule has 0 spiro atoms. The lowest BCUT2D eigenvalue weighted by molar-refractivity contribution is 0.200. The molecule has 0 fully saturated rings. The van der Waals surface area contributed by atoms with Crippen LogP contribution >= 0.6 is 23.4 Å². The van der Waals surface area contributed by atoms with Crippen molar-refractivity contribution in [3.05, 3.63) is 58.6 Å². The summed E-state index contributed by atoms with van der Waals surface area (Å²) in [4.78, 5) is 0.226. The van der Waals surface area contributed by atoms with Gasteiger partial charge in [-0.15, -0.1) is 11.8 Å². The minimum Gasteiger partial charge on any atom is -0.383 e. The van der Waals surface area contributed by atoms with Crippen LogP contribution in [0.15, 0.2) is 47.4 Å². The van der Waals surface area contributed by atoms with Crippen LogP contribution in [0.3, 0.4) is 0 Å². The molecule has 1 atom stereocenters. The van der Waals surface area contributed by atoms with Gasteiger partial charge in [0, 0.05) is 12.1 Å². The van der Waals surface area contributed by atoms with Crippen molar-refractivity contribution < 1.29 is 13.2 Å². The summed E-state index contributed by atoms with van der Waals surface area (Å²) in [6.07, 6.45) is 0. The van der Waals surface area contributed by atoms with E-state index in [1.807, 2.05) is 6.92 Å². The maximum absolute atomic E-state index is 12.8. The van der Waals surface area contributed by atoms with Gasteiger partial charge in [-0.2, -0.15) is 0 Å². The predicted molar refractivity (Wildman–Crippen MR) is 111 cm³/mol. The van der Waals surface area contributed by atoms with Gasteiger partial charge in [-0.05, 0) is 48.1 Å². The van der Waals surface area contributed by atoms with E-state index in [1.165, 1.54) is 0 Å². The van der Waals surface area contributed by atoms with E-state index in [0.717, 1.165) is 11.1 Å². The number of sulfonamides is 1. The van der Waals surface area contributed by atoms with Gasteiger partial charge in [-0.1, -0.05) is 43.1 Å². The van der Waals surface area contributed by atoms with E-state index in [4.69, 9.17) is 16.3 Å². The summed E-state index contributed by atoms with van der Waals surface area (Å²) in [7, 11) is -2.05. The van der Waals surface area contributed by atoms with Crippen molar-refractivity contribution in [1.82, 2.24) is 0 Å². The van der Waals surface area contributed by atoms with E-state index in [0.29, 0.717) is 22.6 Å². The molecular weight excluding hydrogens is 390 g/mol. The molecular formula is C19H24ClNO3S2. The van der Waals surface area contributed by atoms with Crippen LogP contribution in [0.4, 0.5) is 5.69 Å². The van der Waals surface area contributed by atoms with Crippen molar-refractivity contribution in [3.8, 4) is 0 Å². The average molecular weight is 414 g/mol. The number of benzene rings is 2. The molecule has 0 aliphatic carbocycles. The number of anilines is 1. The Morgan fingerprint density at radius 3 is 2.38 bits per heavy atom. The van der Waals surface area contributed by atoms with Crippen LogP contribution in [-0.4, -0.2) is 27.4 Å². The first-order valence-corrected chi connectivity index (χ1v) is 11.1. The SMILES string of the molecule is COCC(SC(C)C)c1cc(Cl)ccc1NS(=O)(=O)c1ccc(C)cc1. The highest BCUT2D eigenvalue weighted by Gasteiger charge is 2.22. The first-order chi connectivity index (χ1) is 12.2. The molecule has 4 nitrogen and oxygen atoms in total. The van der Waals surface area contributed by atoms with Crippen molar-refractivity contribution in [2.75, 3.05) is 18.4 Å². The number of methoxy groups -OCH3 is 1. The normalized spacial score (nSPS) is 13.0. The summed E-state index contributed by atoms with van der Waals surface area (Å²) in [5.74, 6) is 0. The highest BCUT2D eigenvalue weighted by atomic mass is 35.5. The smallest absolute Gasteiger partial charge is 0.261 e. The minimum atomic E-state index is -3.69. The van der Waals surface area contributed by atoms with Gasteiger partial charge >= 0.3 is 0 Å². The Bertz CT molecular complexity index is 836. The Morgan fingerprint density at radius 2 is 1.81 bits per heavy atom. The number of halogens is 1. The summed E-state index contributed by atoms with van der Waals surface area (Å²) in [5, 5.41) is 0.883. The van der Waals surface area contributed by atoms with Crippen LogP contribution in [0.2, 0.25) is 5.02 Å². The molecule has 0 heterocycles. The number of hydrogen-bond acceptors (Lipinski definition) is 4. The van der Waals surface area contributed by atoms with Crippen LogP contribution in [-0.2, 0) is 14.8 Å². The van der Waals surface area contributed by atoms with Crippen LogP contribution in [0, 0.1) is 6.92 Å². The Hall–Kier alpha value is -1.21. The number of nitrogens with one attached hydrogen (secondary N) is 1. The Balaban J connectivity index is 2.41. The molecule has 1 N–H and O–H groups in total. The average Bonchev–Trinajstić information content (AvgIpc) is 2.56. The molecule has 2 rings (SSSR count). The maximum atomic E-state index is 12.8. The lowest BCUT2D eigenvalue weighted by Crippen LogP contribution is -2.16. The second kappa shape index (κ2) is 9.13. The molecule has 0 saturated carbocycles. The number of thioether (sulfide) groups is 1. The topological polar surface area (TPSA) is 55.4 Å². The standard InChI is InChI=1S/C19H24ClNO3S2/c1-13(2)25-19(12-24-4)17-11-15(20)7-10-18(17)21-26(22,23)16-8-5-14(3)6-9-16/h5-11,13,19,21H,12H2,1-4H3. The van der Waals surface area contributed by atoms with Crippen LogP contribution in [0.1, 0.15) is 30.2 Å². The van der Waals surface area contributed by atoms with E-state index in [-0.39, 0.29) is 10.1 Å². The van der Waals surface area contributed by atoms with E-state index in [1.54, 1.807) is 61.3 Å². The van der Waals surface area contributed by atoms with Crippen LogP contribution in [0.25, 0.3) is 0 Å². The number of aryl methyl sites for hydroxylation is 1. The molecule has 2 aromatic rings. The Labute approximate surface area is 165 Å². The molecule has 2 aromatic carbocycles. The van der Waals surface area contributed by atoms with Crippen molar-refractivity contribution >= 4 is 39.1 Å². The first-order valence-electron chi connectivity index (χ1n) is 8.26. The van der Waals surface area contributed by atoms with E-state index >= 15 is 0 Å². The fourth-order valence-corrected chi connectivity index (χ4v) is 4.98. The van der Waals surface area contributed by atoms with Crippen LogP contribution < -0.4 is 4.72 Å². The molecule has 0 radical (unpaired) electrons. The van der Waals surface area contributed by atoms with Gasteiger partial charge in [0.1, 0.15) is 0 Å². The second-order valence-corrected chi connectivity index (χ2v) is 10.2. The summed E-state index contributed by atoms with van der Waals surface area (Å²) in [5.41, 5.74) is 2.34. The van der Waals surface area contributed by atoms with Crippen molar-refractivity contribution in [2.24, 2.45) is 0 Å². The molecule has 26 heavy (non-hydrogen) atoms. The molecule has 0 bridgehead atoms. The van der Waals surface area contributed by atoms with Gasteiger partial charge in [0.15, 0.2) is 0 Å². The van der Waals surface area contributed by atoms with E-state index in [2.05, 4.69) is 18.6 Å². The molecule has 1 unspecified atom stereocenters. The molecule has 0 amide bonds. The quantitative estimate of drug-likeness (QED) is 0.639. The molecule has 7 heteroatoms. The van der Waals surface area contributed by atoms with Gasteiger partial charge in [-0.25, -0.2) is 8.42 Å². The lowest BCUT2D eigenvalue weighted by atomic mass is 10.1. The molecule has 142 valence electrons. The number of ether oxygens (including phenoxy) is 1. The van der Waals surface area contributed by atoms with Gasteiger partial charge in [0.25, 0.3) is 10.0 Å². The monoisotopic (exact) mass is 413 g/mol. The molecule has 0 aromatic heterocycles.